The maximum absolute atomic E-state index is 12.4. The molecule has 0 heterocycles. The van der Waals surface area contributed by atoms with Crippen LogP contribution in [0.4, 0.5) is 0 Å². The minimum absolute atomic E-state index is 0.233. The van der Waals surface area contributed by atoms with Gasteiger partial charge in [0.25, 0.3) is 0 Å². The van der Waals surface area contributed by atoms with Crippen LogP contribution in [0.25, 0.3) is 10.8 Å². The van der Waals surface area contributed by atoms with Crippen molar-refractivity contribution in [3.05, 3.63) is 89.5 Å². The van der Waals surface area contributed by atoms with Crippen molar-refractivity contribution >= 4 is 16.7 Å². The van der Waals surface area contributed by atoms with Gasteiger partial charge in [-0.3, -0.25) is 4.79 Å². The zero-order chi connectivity index (χ0) is 28.5. The lowest BCUT2D eigenvalue weighted by Crippen LogP contribution is -2.13. The molecule has 6 heteroatoms. The third-order valence-electron chi connectivity index (χ3n) is 6.82. The molecule has 0 aliphatic heterocycles. The van der Waals surface area contributed by atoms with Crippen molar-refractivity contribution in [2.24, 2.45) is 0 Å². The third-order valence-corrected chi connectivity index (χ3v) is 6.82. The number of hydrogen-bond donors (Lipinski definition) is 0. The number of ether oxygens (including phenoxy) is 5. The smallest absolute Gasteiger partial charge is 0.311 e. The van der Waals surface area contributed by atoms with Crippen molar-refractivity contribution < 1.29 is 28.5 Å². The molecule has 4 rings (SSSR count). The number of benzene rings is 4. The van der Waals surface area contributed by atoms with Gasteiger partial charge in [-0.25, -0.2) is 0 Å². The van der Waals surface area contributed by atoms with Crippen molar-refractivity contribution in [2.45, 2.75) is 52.6 Å². The van der Waals surface area contributed by atoms with E-state index in [9.17, 15) is 4.79 Å². The molecular weight excluding hydrogens is 504 g/mol. The second kappa shape index (κ2) is 13.7. The summed E-state index contributed by atoms with van der Waals surface area (Å²) in [6.07, 6.45) is 2.33. The Hall–Kier alpha value is -4.19. The van der Waals surface area contributed by atoms with Crippen LogP contribution in [-0.4, -0.2) is 26.8 Å². The fourth-order valence-electron chi connectivity index (χ4n) is 4.82. The highest BCUT2D eigenvalue weighted by Gasteiger charge is 2.28. The number of carbonyl (C=O) groups excluding carboxylic acids is 1. The summed E-state index contributed by atoms with van der Waals surface area (Å²) in [4.78, 5) is 12.4. The summed E-state index contributed by atoms with van der Waals surface area (Å²) in [6.45, 7) is 6.54. The first-order valence-corrected chi connectivity index (χ1v) is 13.8. The number of rotatable bonds is 13. The van der Waals surface area contributed by atoms with Crippen LogP contribution in [0.3, 0.4) is 0 Å². The third kappa shape index (κ3) is 6.33. The summed E-state index contributed by atoms with van der Waals surface area (Å²) in [7, 11) is 3.10. The molecule has 0 fully saturated rings. The first-order chi connectivity index (χ1) is 19.5. The van der Waals surface area contributed by atoms with Gasteiger partial charge in [0.1, 0.15) is 11.9 Å². The van der Waals surface area contributed by atoms with E-state index in [0.717, 1.165) is 46.1 Å². The Morgan fingerprint density at radius 3 is 2.20 bits per heavy atom. The van der Waals surface area contributed by atoms with E-state index >= 15 is 0 Å². The van der Waals surface area contributed by atoms with Gasteiger partial charge >= 0.3 is 5.97 Å². The molecule has 0 spiro atoms. The largest absolute Gasteiger partial charge is 0.493 e. The fourth-order valence-corrected chi connectivity index (χ4v) is 4.82. The molecule has 4 aromatic carbocycles. The van der Waals surface area contributed by atoms with Gasteiger partial charge in [0.05, 0.1) is 20.8 Å². The average Bonchev–Trinajstić information content (AvgIpc) is 2.99. The second-order valence-electron chi connectivity index (χ2n) is 9.56. The van der Waals surface area contributed by atoms with E-state index in [1.54, 1.807) is 14.0 Å². The Kier molecular flexibility index (Phi) is 9.90. The zero-order valence-corrected chi connectivity index (χ0v) is 24.0. The topological polar surface area (TPSA) is 63.2 Å². The minimum atomic E-state index is -0.358. The molecular formula is C34H38O6. The lowest BCUT2D eigenvalue weighted by atomic mass is 9.99. The quantitative estimate of drug-likeness (QED) is 0.126. The zero-order valence-electron chi connectivity index (χ0n) is 24.0. The van der Waals surface area contributed by atoms with Crippen molar-refractivity contribution in [2.75, 3.05) is 20.8 Å². The van der Waals surface area contributed by atoms with Crippen LogP contribution < -0.4 is 23.7 Å². The van der Waals surface area contributed by atoms with E-state index in [2.05, 4.69) is 25.1 Å². The van der Waals surface area contributed by atoms with E-state index in [4.69, 9.17) is 23.7 Å². The molecule has 0 aliphatic rings. The van der Waals surface area contributed by atoms with Gasteiger partial charge in [0.15, 0.2) is 11.5 Å². The maximum atomic E-state index is 12.4. The average molecular weight is 543 g/mol. The van der Waals surface area contributed by atoms with Crippen molar-refractivity contribution in [1.29, 1.82) is 0 Å². The standard InChI is InChI=1S/C34H38O6/c1-6-22-38-27-19-12-11-17-25(27)20-21-28(24-15-9-8-10-16-24)39-32-30-23(3)14-13-18-26(30)31(40-29(35)7-2)33(36-4)34(32)37-5/h8-19,28H,6-7,20-22H2,1-5H3. The number of fused-ring (bicyclic) bond motifs is 1. The van der Waals surface area contributed by atoms with E-state index in [1.165, 1.54) is 7.11 Å². The van der Waals surface area contributed by atoms with Crippen LogP contribution >= 0.6 is 0 Å². The number of esters is 1. The normalized spacial score (nSPS) is 11.6. The number of para-hydroxylation sites is 1. The van der Waals surface area contributed by atoms with E-state index in [1.807, 2.05) is 61.5 Å². The highest BCUT2D eigenvalue weighted by atomic mass is 16.6. The number of carbonyl (C=O) groups is 1. The van der Waals surface area contributed by atoms with Crippen molar-refractivity contribution in [3.8, 4) is 28.7 Å². The molecule has 0 amide bonds. The van der Waals surface area contributed by atoms with Gasteiger partial charge in [-0.15, -0.1) is 0 Å². The van der Waals surface area contributed by atoms with Gasteiger partial charge in [-0.05, 0) is 48.9 Å². The number of methoxy groups -OCH3 is 2. The molecule has 0 bridgehead atoms. The summed E-state index contributed by atoms with van der Waals surface area (Å²) in [5, 5.41) is 1.53. The molecule has 0 saturated carbocycles. The van der Waals surface area contributed by atoms with Gasteiger partial charge in [0, 0.05) is 17.2 Å². The molecule has 4 aromatic rings. The highest BCUT2D eigenvalue weighted by Crippen LogP contribution is 2.53. The summed E-state index contributed by atoms with van der Waals surface area (Å²) in [5.41, 5.74) is 3.14. The Bertz CT molecular complexity index is 1430. The van der Waals surface area contributed by atoms with Crippen LogP contribution in [0.2, 0.25) is 0 Å². The first kappa shape index (κ1) is 28.8. The second-order valence-corrected chi connectivity index (χ2v) is 9.56. The molecule has 210 valence electrons. The van der Waals surface area contributed by atoms with Crippen LogP contribution in [0, 0.1) is 6.92 Å². The lowest BCUT2D eigenvalue weighted by Gasteiger charge is -2.25. The van der Waals surface area contributed by atoms with Crippen LogP contribution in [0.15, 0.2) is 72.8 Å². The van der Waals surface area contributed by atoms with Crippen LogP contribution in [0.1, 0.15) is 55.9 Å². The summed E-state index contributed by atoms with van der Waals surface area (Å²) < 4.78 is 30.4. The number of aryl methyl sites for hydroxylation is 2. The molecule has 0 saturated heterocycles. The monoisotopic (exact) mass is 542 g/mol. The Morgan fingerprint density at radius 1 is 0.800 bits per heavy atom. The van der Waals surface area contributed by atoms with Crippen molar-refractivity contribution in [1.82, 2.24) is 0 Å². The van der Waals surface area contributed by atoms with Gasteiger partial charge < -0.3 is 23.7 Å². The lowest BCUT2D eigenvalue weighted by molar-refractivity contribution is -0.134. The van der Waals surface area contributed by atoms with Crippen LogP contribution in [0.5, 0.6) is 28.7 Å². The SMILES string of the molecule is CCCOc1ccccc1CCC(Oc1c(OC)c(OC)c(OC(=O)CC)c2cccc(C)c12)c1ccccc1. The van der Waals surface area contributed by atoms with E-state index < -0.39 is 0 Å². The molecule has 40 heavy (non-hydrogen) atoms. The van der Waals surface area contributed by atoms with Crippen LogP contribution in [-0.2, 0) is 11.2 Å². The van der Waals surface area contributed by atoms with Crippen molar-refractivity contribution in [3.63, 3.8) is 0 Å². The molecule has 1 atom stereocenters. The molecule has 6 nitrogen and oxygen atoms in total. The first-order valence-electron chi connectivity index (χ1n) is 13.8. The highest BCUT2D eigenvalue weighted by molar-refractivity contribution is 6.02. The summed E-state index contributed by atoms with van der Waals surface area (Å²) in [5.74, 6) is 2.13. The fraction of sp³-hybridized carbons (Fsp3) is 0.324. The van der Waals surface area contributed by atoms with Gasteiger partial charge in [-0.1, -0.05) is 80.6 Å². The minimum Gasteiger partial charge on any atom is -0.493 e. The predicted octanol–water partition coefficient (Wildman–Crippen LogP) is 8.02. The Morgan fingerprint density at radius 2 is 1.50 bits per heavy atom. The van der Waals surface area contributed by atoms with E-state index in [-0.39, 0.29) is 18.5 Å². The Labute approximate surface area is 236 Å². The maximum Gasteiger partial charge on any atom is 0.311 e. The Balaban J connectivity index is 1.81. The van der Waals surface area contributed by atoms with E-state index in [0.29, 0.717) is 36.0 Å². The molecule has 0 radical (unpaired) electrons. The summed E-state index contributed by atoms with van der Waals surface area (Å²) in [6, 6.07) is 24.2. The molecule has 0 aliphatic carbocycles. The molecule has 0 N–H and O–H groups in total. The summed E-state index contributed by atoms with van der Waals surface area (Å²) >= 11 is 0. The molecule has 1 unspecified atom stereocenters. The predicted molar refractivity (Wildman–Crippen MR) is 158 cm³/mol. The molecule has 0 aromatic heterocycles. The van der Waals surface area contributed by atoms with Gasteiger partial charge in [-0.2, -0.15) is 0 Å². The van der Waals surface area contributed by atoms with Gasteiger partial charge in [0.2, 0.25) is 11.5 Å². The number of hydrogen-bond acceptors (Lipinski definition) is 6.